The lowest BCUT2D eigenvalue weighted by Crippen LogP contribution is -2.58. The summed E-state index contributed by atoms with van der Waals surface area (Å²) >= 11 is 0. The van der Waals surface area contributed by atoms with Crippen molar-refractivity contribution in [3.8, 4) is 11.5 Å². The number of benzene rings is 3. The van der Waals surface area contributed by atoms with E-state index in [0.29, 0.717) is 26.3 Å². The predicted octanol–water partition coefficient (Wildman–Crippen LogP) is 3.95. The molecular formula is C29H33N3O4S. The van der Waals surface area contributed by atoms with Gasteiger partial charge in [0.15, 0.2) is 21.3 Å². The number of piperazine rings is 1. The van der Waals surface area contributed by atoms with E-state index in [9.17, 15) is 8.42 Å². The van der Waals surface area contributed by atoms with Crippen molar-refractivity contribution < 1.29 is 17.9 Å². The number of nitrogens with one attached hydrogen (secondary N) is 1. The van der Waals surface area contributed by atoms with Gasteiger partial charge >= 0.3 is 0 Å². The number of hydrogen-bond acceptors (Lipinski definition) is 7. The lowest BCUT2D eigenvalue weighted by molar-refractivity contribution is 0.170. The molecule has 2 unspecified atom stereocenters. The van der Waals surface area contributed by atoms with Crippen LogP contribution in [0.5, 0.6) is 11.5 Å². The second kappa shape index (κ2) is 10.3. The Kier molecular flexibility index (Phi) is 6.69. The van der Waals surface area contributed by atoms with Gasteiger partial charge in [0, 0.05) is 31.9 Å². The van der Waals surface area contributed by atoms with Gasteiger partial charge in [-0.1, -0.05) is 54.6 Å². The fourth-order valence-electron chi connectivity index (χ4n) is 5.82. The Morgan fingerprint density at radius 2 is 1.62 bits per heavy atom. The Morgan fingerprint density at radius 1 is 0.865 bits per heavy atom. The fraction of sp³-hybridized carbons (Fsp3) is 0.379. The molecule has 7 nitrogen and oxygen atoms in total. The molecule has 8 heteroatoms. The average molecular weight is 520 g/mol. The summed E-state index contributed by atoms with van der Waals surface area (Å²) in [4.78, 5) is 4.46. The second-order valence-corrected chi connectivity index (χ2v) is 12.1. The zero-order valence-electron chi connectivity index (χ0n) is 20.9. The maximum Gasteiger partial charge on any atom is 0.184 e. The minimum atomic E-state index is -3.47. The molecule has 1 fully saturated rings. The topological polar surface area (TPSA) is 71.1 Å². The van der Waals surface area contributed by atoms with E-state index in [-0.39, 0.29) is 11.8 Å². The Hall–Kier alpha value is -3.23. The summed E-state index contributed by atoms with van der Waals surface area (Å²) in [6.45, 7) is 3.86. The highest BCUT2D eigenvalue weighted by molar-refractivity contribution is 7.91. The molecule has 3 aromatic rings. The molecule has 0 saturated carbocycles. The van der Waals surface area contributed by atoms with Crippen LogP contribution in [0.15, 0.2) is 72.8 Å². The van der Waals surface area contributed by atoms with Gasteiger partial charge in [-0.2, -0.15) is 0 Å². The molecule has 0 aromatic heterocycles. The van der Waals surface area contributed by atoms with Crippen LogP contribution in [0.2, 0.25) is 0 Å². The highest BCUT2D eigenvalue weighted by Crippen LogP contribution is 2.40. The van der Waals surface area contributed by atoms with Crippen molar-refractivity contribution in [2.24, 2.45) is 0 Å². The number of hydrogen-bond donors (Lipinski definition) is 1. The molecule has 3 aliphatic rings. The van der Waals surface area contributed by atoms with Gasteiger partial charge in [0.1, 0.15) is 18.6 Å². The summed E-state index contributed by atoms with van der Waals surface area (Å²) in [7, 11) is -3.47. The molecule has 3 aromatic carbocycles. The molecule has 0 spiro atoms. The van der Waals surface area contributed by atoms with Crippen LogP contribution >= 0.6 is 0 Å². The Morgan fingerprint density at radius 3 is 2.46 bits per heavy atom. The first-order valence-corrected chi connectivity index (χ1v) is 14.8. The van der Waals surface area contributed by atoms with E-state index >= 15 is 0 Å². The molecule has 3 aliphatic heterocycles. The van der Waals surface area contributed by atoms with E-state index in [0.717, 1.165) is 54.4 Å². The fourth-order valence-corrected chi connectivity index (χ4v) is 8.02. The summed E-state index contributed by atoms with van der Waals surface area (Å²) in [6.07, 6.45) is 1.66. The van der Waals surface area contributed by atoms with Gasteiger partial charge in [0.05, 0.1) is 17.5 Å². The molecule has 0 radical (unpaired) electrons. The average Bonchev–Trinajstić information content (AvgIpc) is 2.93. The molecule has 6 rings (SSSR count). The predicted molar refractivity (Wildman–Crippen MR) is 146 cm³/mol. The van der Waals surface area contributed by atoms with Crippen molar-refractivity contribution in [3.05, 3.63) is 83.9 Å². The molecule has 3 heterocycles. The first-order valence-electron chi connectivity index (χ1n) is 13.1. The van der Waals surface area contributed by atoms with Gasteiger partial charge in [-0.25, -0.2) is 8.42 Å². The first-order chi connectivity index (χ1) is 18.1. The van der Waals surface area contributed by atoms with Gasteiger partial charge in [-0.3, -0.25) is 4.90 Å². The summed E-state index contributed by atoms with van der Waals surface area (Å²) < 4.78 is 39.8. The number of anilines is 2. The third-order valence-corrected chi connectivity index (χ3v) is 9.66. The van der Waals surface area contributed by atoms with Gasteiger partial charge in [0.2, 0.25) is 0 Å². The molecule has 2 atom stereocenters. The number of fused-ring (bicyclic) bond motifs is 2. The summed E-state index contributed by atoms with van der Waals surface area (Å²) in [5.74, 6) is 1.61. The standard InChI is InChI=1S/C29H33N3O4S/c33-37(34,21-22-7-2-1-3-8-22)29(25-14-13-23-9-4-5-10-24(23)30-25)32-17-15-31(16-18-32)26-11-6-12-27-28(26)36-20-19-35-27/h1-12,25,29-30H,13-21H2. The Labute approximate surface area is 218 Å². The van der Waals surface area contributed by atoms with Crippen LogP contribution in [-0.2, 0) is 22.0 Å². The number of sulfone groups is 1. The van der Waals surface area contributed by atoms with Crippen LogP contribution in [0.4, 0.5) is 11.4 Å². The lowest BCUT2D eigenvalue weighted by Gasteiger charge is -2.44. The largest absolute Gasteiger partial charge is 0.486 e. The molecule has 0 amide bonds. The number of para-hydroxylation sites is 2. The smallest absolute Gasteiger partial charge is 0.184 e. The molecule has 0 bridgehead atoms. The Bertz CT molecular complexity index is 1340. The third-order valence-electron chi connectivity index (χ3n) is 7.57. The Balaban J connectivity index is 1.25. The van der Waals surface area contributed by atoms with Crippen LogP contribution in [0.25, 0.3) is 0 Å². The zero-order valence-corrected chi connectivity index (χ0v) is 21.7. The van der Waals surface area contributed by atoms with E-state index < -0.39 is 15.2 Å². The zero-order chi connectivity index (χ0) is 25.2. The number of nitrogens with zero attached hydrogens (tertiary/aromatic N) is 2. The minimum absolute atomic E-state index is 0.0376. The van der Waals surface area contributed by atoms with Crippen molar-refractivity contribution in [2.75, 3.05) is 49.6 Å². The van der Waals surface area contributed by atoms with Crippen LogP contribution in [0, 0.1) is 0 Å². The normalized spacial score (nSPS) is 20.5. The van der Waals surface area contributed by atoms with E-state index in [2.05, 4.69) is 33.3 Å². The molecule has 1 N–H and O–H groups in total. The maximum atomic E-state index is 14.0. The van der Waals surface area contributed by atoms with Gasteiger partial charge in [-0.05, 0) is 42.2 Å². The van der Waals surface area contributed by atoms with Gasteiger partial charge < -0.3 is 19.7 Å². The van der Waals surface area contributed by atoms with Crippen molar-refractivity contribution in [1.29, 1.82) is 0 Å². The van der Waals surface area contributed by atoms with Crippen molar-refractivity contribution >= 4 is 21.2 Å². The molecule has 1 saturated heterocycles. The second-order valence-electron chi connectivity index (χ2n) is 9.95. The highest BCUT2D eigenvalue weighted by Gasteiger charge is 2.41. The van der Waals surface area contributed by atoms with E-state index in [1.807, 2.05) is 54.6 Å². The molecule has 194 valence electrons. The SMILES string of the molecule is O=S(=O)(Cc1ccccc1)C(C1CCc2ccccc2N1)N1CCN(c2cccc3c2OCCO3)CC1. The summed E-state index contributed by atoms with van der Waals surface area (Å²) in [5.41, 5.74) is 4.14. The molecular weight excluding hydrogens is 486 g/mol. The summed E-state index contributed by atoms with van der Waals surface area (Å²) in [6, 6.07) is 23.6. The van der Waals surface area contributed by atoms with Crippen molar-refractivity contribution in [3.63, 3.8) is 0 Å². The van der Waals surface area contributed by atoms with Crippen LogP contribution in [0.1, 0.15) is 17.5 Å². The minimum Gasteiger partial charge on any atom is -0.486 e. The number of aryl methyl sites for hydroxylation is 1. The van der Waals surface area contributed by atoms with E-state index in [1.165, 1.54) is 5.56 Å². The van der Waals surface area contributed by atoms with Gasteiger partial charge in [-0.15, -0.1) is 0 Å². The van der Waals surface area contributed by atoms with Gasteiger partial charge in [0.25, 0.3) is 0 Å². The van der Waals surface area contributed by atoms with Crippen LogP contribution < -0.4 is 19.7 Å². The lowest BCUT2D eigenvalue weighted by atomic mass is 9.97. The monoisotopic (exact) mass is 519 g/mol. The number of rotatable bonds is 6. The van der Waals surface area contributed by atoms with E-state index in [4.69, 9.17) is 9.47 Å². The van der Waals surface area contributed by atoms with Crippen molar-refractivity contribution in [1.82, 2.24) is 4.90 Å². The summed E-state index contributed by atoms with van der Waals surface area (Å²) in [5, 5.41) is 2.99. The first kappa shape index (κ1) is 24.1. The number of ether oxygens (including phenoxy) is 2. The maximum absolute atomic E-state index is 14.0. The highest BCUT2D eigenvalue weighted by atomic mass is 32.2. The van der Waals surface area contributed by atoms with E-state index in [1.54, 1.807) is 0 Å². The van der Waals surface area contributed by atoms with Crippen LogP contribution in [0.3, 0.4) is 0 Å². The molecule has 37 heavy (non-hydrogen) atoms. The molecule has 0 aliphatic carbocycles. The third kappa shape index (κ3) is 5.00. The van der Waals surface area contributed by atoms with Crippen LogP contribution in [-0.4, -0.2) is 64.1 Å². The quantitative estimate of drug-likeness (QED) is 0.529. The van der Waals surface area contributed by atoms with Crippen molar-refractivity contribution in [2.45, 2.75) is 30.0 Å².